The minimum absolute atomic E-state index is 0.0742. The van der Waals surface area contributed by atoms with Gasteiger partial charge in [-0.3, -0.25) is 9.59 Å². The number of hydrogen-bond acceptors (Lipinski definition) is 7. The van der Waals surface area contributed by atoms with E-state index in [0.29, 0.717) is 12.8 Å². The quantitative estimate of drug-likeness (QED) is 0.303. The van der Waals surface area contributed by atoms with Crippen LogP contribution in [0.3, 0.4) is 0 Å². The summed E-state index contributed by atoms with van der Waals surface area (Å²) >= 11 is 0. The molecule has 226 valence electrons. The van der Waals surface area contributed by atoms with Gasteiger partial charge < -0.3 is 20.5 Å². The smallest absolute Gasteiger partial charge is 0.417 e. The Morgan fingerprint density at radius 2 is 1.30 bits per heavy atom. The Morgan fingerprint density at radius 3 is 1.84 bits per heavy atom. The lowest BCUT2D eigenvalue weighted by molar-refractivity contribution is -0.163. The average Bonchev–Trinajstić information content (AvgIpc) is 3.52. The van der Waals surface area contributed by atoms with E-state index in [9.17, 15) is 19.2 Å². The fraction of sp³-hybridized carbons (Fsp3) is 0.353. The van der Waals surface area contributed by atoms with Gasteiger partial charge in [-0.05, 0) is 42.9 Å². The lowest BCUT2D eigenvalue weighted by atomic mass is 9.93. The van der Waals surface area contributed by atoms with E-state index in [-0.39, 0.29) is 38.9 Å². The van der Waals surface area contributed by atoms with E-state index in [1.807, 2.05) is 78.9 Å². The molecule has 1 aliphatic carbocycles. The minimum atomic E-state index is -1.55. The monoisotopic (exact) mass is 585 g/mol. The first kappa shape index (κ1) is 31.4. The molecule has 0 aromatic heterocycles. The standard InChI is InChI=1S/C34H39N3O6/c1-2-42-32(40)34(20-12-13-21-34)37(33(41)43-24-27-18-10-5-11-19-27)31(39)29(23-26-16-8-4-9-17-26)36-30(38)28(35)22-25-14-6-3-7-15-25/h3-11,14-19,28-29H,2,12-13,20-24,35H2,1H3,(H,36,38)/t28-,29-/m0/s1. The number of nitrogens with one attached hydrogen (secondary N) is 1. The third kappa shape index (κ3) is 8.08. The van der Waals surface area contributed by atoms with Crippen molar-refractivity contribution in [2.45, 2.75) is 69.7 Å². The highest BCUT2D eigenvalue weighted by atomic mass is 16.6. The van der Waals surface area contributed by atoms with Gasteiger partial charge in [-0.2, -0.15) is 0 Å². The van der Waals surface area contributed by atoms with Crippen LogP contribution in [0.5, 0.6) is 0 Å². The molecule has 9 heteroatoms. The van der Waals surface area contributed by atoms with Crippen molar-refractivity contribution in [3.05, 3.63) is 108 Å². The first-order valence-corrected chi connectivity index (χ1v) is 14.7. The van der Waals surface area contributed by atoms with Crippen LogP contribution in [-0.2, 0) is 43.3 Å². The molecule has 9 nitrogen and oxygen atoms in total. The Labute approximate surface area is 252 Å². The highest BCUT2D eigenvalue weighted by molar-refractivity contribution is 6.02. The third-order valence-corrected chi connectivity index (χ3v) is 7.65. The molecule has 1 aliphatic rings. The zero-order valence-electron chi connectivity index (χ0n) is 24.4. The summed E-state index contributed by atoms with van der Waals surface area (Å²) in [4.78, 5) is 56.0. The van der Waals surface area contributed by atoms with Gasteiger partial charge in [0.05, 0.1) is 12.6 Å². The van der Waals surface area contributed by atoms with Gasteiger partial charge in [0.15, 0.2) is 5.54 Å². The van der Waals surface area contributed by atoms with Crippen LogP contribution >= 0.6 is 0 Å². The van der Waals surface area contributed by atoms with Crippen molar-refractivity contribution in [2.75, 3.05) is 6.61 Å². The lowest BCUT2D eigenvalue weighted by Crippen LogP contribution is -2.64. The number of imide groups is 1. The van der Waals surface area contributed by atoms with E-state index in [4.69, 9.17) is 15.2 Å². The number of hydrogen-bond donors (Lipinski definition) is 2. The van der Waals surface area contributed by atoms with E-state index < -0.39 is 41.5 Å². The van der Waals surface area contributed by atoms with Gasteiger partial charge in [0.1, 0.15) is 12.6 Å². The molecule has 0 spiro atoms. The van der Waals surface area contributed by atoms with Gasteiger partial charge in [0, 0.05) is 6.42 Å². The number of carbonyl (C=O) groups excluding carboxylic acids is 4. The molecule has 0 heterocycles. The fourth-order valence-corrected chi connectivity index (χ4v) is 5.45. The molecule has 3 N–H and O–H groups in total. The van der Waals surface area contributed by atoms with Crippen LogP contribution in [0.4, 0.5) is 4.79 Å². The molecule has 3 aromatic rings. The molecule has 0 bridgehead atoms. The summed E-state index contributed by atoms with van der Waals surface area (Å²) in [5, 5.41) is 2.79. The molecule has 4 rings (SSSR count). The summed E-state index contributed by atoms with van der Waals surface area (Å²) in [7, 11) is 0. The molecule has 0 unspecified atom stereocenters. The van der Waals surface area contributed by atoms with Gasteiger partial charge >= 0.3 is 12.1 Å². The molecule has 3 amide bonds. The van der Waals surface area contributed by atoms with Crippen molar-refractivity contribution in [3.8, 4) is 0 Å². The van der Waals surface area contributed by atoms with Gasteiger partial charge in [0.25, 0.3) is 5.91 Å². The van der Waals surface area contributed by atoms with Crippen LogP contribution in [0, 0.1) is 0 Å². The summed E-state index contributed by atoms with van der Waals surface area (Å²) in [6.07, 6.45) is 1.07. The number of esters is 1. The zero-order chi connectivity index (χ0) is 30.7. The van der Waals surface area contributed by atoms with E-state index in [1.54, 1.807) is 19.1 Å². The number of nitrogens with two attached hydrogens (primary N) is 1. The molecular weight excluding hydrogens is 546 g/mol. The van der Waals surface area contributed by atoms with Crippen molar-refractivity contribution < 1.29 is 28.7 Å². The highest BCUT2D eigenvalue weighted by Crippen LogP contribution is 2.38. The predicted molar refractivity (Wildman–Crippen MR) is 162 cm³/mol. The van der Waals surface area contributed by atoms with Crippen molar-refractivity contribution in [1.82, 2.24) is 10.2 Å². The normalized spacial score (nSPS) is 15.1. The van der Waals surface area contributed by atoms with Crippen LogP contribution in [0.25, 0.3) is 0 Å². The van der Waals surface area contributed by atoms with Crippen molar-refractivity contribution in [1.29, 1.82) is 0 Å². The topological polar surface area (TPSA) is 128 Å². The first-order chi connectivity index (χ1) is 20.8. The molecule has 0 aliphatic heterocycles. The Hall–Kier alpha value is -4.50. The average molecular weight is 586 g/mol. The molecular formula is C34H39N3O6. The molecule has 3 aromatic carbocycles. The van der Waals surface area contributed by atoms with Crippen LogP contribution in [0.2, 0.25) is 0 Å². The maximum Gasteiger partial charge on any atom is 0.417 e. The predicted octanol–water partition coefficient (Wildman–Crippen LogP) is 4.33. The number of benzene rings is 3. The van der Waals surface area contributed by atoms with Crippen molar-refractivity contribution in [3.63, 3.8) is 0 Å². The largest absolute Gasteiger partial charge is 0.464 e. The van der Waals surface area contributed by atoms with Gasteiger partial charge in [0.2, 0.25) is 5.91 Å². The third-order valence-electron chi connectivity index (χ3n) is 7.65. The van der Waals surface area contributed by atoms with E-state index >= 15 is 0 Å². The lowest BCUT2D eigenvalue weighted by Gasteiger charge is -2.38. The molecule has 1 saturated carbocycles. The van der Waals surface area contributed by atoms with Crippen LogP contribution in [-0.4, -0.2) is 53.0 Å². The summed E-state index contributed by atoms with van der Waals surface area (Å²) in [5.41, 5.74) is 7.07. The number of rotatable bonds is 12. The summed E-state index contributed by atoms with van der Waals surface area (Å²) in [6, 6.07) is 25.4. The molecule has 0 saturated heterocycles. The molecule has 0 radical (unpaired) electrons. The second-order valence-electron chi connectivity index (χ2n) is 10.7. The summed E-state index contributed by atoms with van der Waals surface area (Å²) in [6.45, 7) is 1.66. The first-order valence-electron chi connectivity index (χ1n) is 14.7. The minimum Gasteiger partial charge on any atom is -0.464 e. The number of ether oxygens (including phenoxy) is 2. The summed E-state index contributed by atoms with van der Waals surface area (Å²) < 4.78 is 11.0. The van der Waals surface area contributed by atoms with Gasteiger partial charge in [-0.1, -0.05) is 104 Å². The Kier molecular flexibility index (Phi) is 11.0. The maximum absolute atomic E-state index is 14.5. The SMILES string of the molecule is CCOC(=O)C1(N(C(=O)OCc2ccccc2)C(=O)[C@H](Cc2ccccc2)NC(=O)[C@@H](N)Cc2ccccc2)CCCC1. The number of amides is 3. The van der Waals surface area contributed by atoms with Gasteiger partial charge in [-0.25, -0.2) is 14.5 Å². The summed E-state index contributed by atoms with van der Waals surface area (Å²) in [5.74, 6) is -1.97. The van der Waals surface area contributed by atoms with Crippen molar-refractivity contribution in [2.24, 2.45) is 5.73 Å². The number of carbonyl (C=O) groups is 4. The van der Waals surface area contributed by atoms with Crippen LogP contribution in [0.1, 0.15) is 49.3 Å². The Morgan fingerprint density at radius 1 is 0.791 bits per heavy atom. The highest BCUT2D eigenvalue weighted by Gasteiger charge is 2.54. The number of nitrogens with zero attached hydrogens (tertiary/aromatic N) is 1. The molecule has 43 heavy (non-hydrogen) atoms. The zero-order valence-corrected chi connectivity index (χ0v) is 24.4. The maximum atomic E-state index is 14.5. The Bertz CT molecular complexity index is 1360. The second-order valence-corrected chi connectivity index (χ2v) is 10.7. The van der Waals surface area contributed by atoms with E-state index in [2.05, 4.69) is 5.32 Å². The fourth-order valence-electron chi connectivity index (χ4n) is 5.45. The van der Waals surface area contributed by atoms with Crippen LogP contribution < -0.4 is 11.1 Å². The molecule has 1 fully saturated rings. The van der Waals surface area contributed by atoms with Crippen LogP contribution in [0.15, 0.2) is 91.0 Å². The van der Waals surface area contributed by atoms with E-state index in [1.165, 1.54) is 0 Å². The second kappa shape index (κ2) is 15.1. The Balaban J connectivity index is 1.66. The molecule has 2 atom stereocenters. The van der Waals surface area contributed by atoms with Crippen molar-refractivity contribution >= 4 is 23.9 Å². The van der Waals surface area contributed by atoms with E-state index in [0.717, 1.165) is 21.6 Å². The van der Waals surface area contributed by atoms with Gasteiger partial charge in [-0.15, -0.1) is 0 Å².